The van der Waals surface area contributed by atoms with Crippen LogP contribution in [0.2, 0.25) is 0 Å². The molecule has 0 spiro atoms. The van der Waals surface area contributed by atoms with E-state index >= 15 is 0 Å². The van der Waals surface area contributed by atoms with Gasteiger partial charge < -0.3 is 10.4 Å². The van der Waals surface area contributed by atoms with Crippen molar-refractivity contribution in [3.05, 3.63) is 22.4 Å². The van der Waals surface area contributed by atoms with E-state index in [1.165, 1.54) is 11.3 Å². The van der Waals surface area contributed by atoms with Gasteiger partial charge in [0.1, 0.15) is 0 Å². The molecule has 0 bridgehead atoms. The SMILES string of the molecule is CC(O)CNC(=O)c1cc2sccc2s1. The van der Waals surface area contributed by atoms with E-state index < -0.39 is 6.10 Å². The molecule has 2 aromatic rings. The summed E-state index contributed by atoms with van der Waals surface area (Å²) >= 11 is 3.11. The van der Waals surface area contributed by atoms with E-state index in [0.29, 0.717) is 11.4 Å². The van der Waals surface area contributed by atoms with Gasteiger partial charge >= 0.3 is 0 Å². The van der Waals surface area contributed by atoms with Crippen LogP contribution in [-0.4, -0.2) is 23.7 Å². The number of aliphatic hydroxyl groups is 1. The van der Waals surface area contributed by atoms with Crippen molar-refractivity contribution in [2.24, 2.45) is 0 Å². The Morgan fingerprint density at radius 3 is 3.07 bits per heavy atom. The van der Waals surface area contributed by atoms with Gasteiger partial charge in [-0.2, -0.15) is 0 Å². The lowest BCUT2D eigenvalue weighted by molar-refractivity contribution is 0.0928. The highest BCUT2D eigenvalue weighted by Crippen LogP contribution is 2.29. The van der Waals surface area contributed by atoms with Crippen LogP contribution in [-0.2, 0) is 0 Å². The zero-order chi connectivity index (χ0) is 10.8. The fourth-order valence-electron chi connectivity index (χ4n) is 1.21. The maximum atomic E-state index is 11.6. The van der Waals surface area contributed by atoms with Crippen LogP contribution in [0.3, 0.4) is 0 Å². The first-order valence-electron chi connectivity index (χ1n) is 4.60. The number of hydrogen-bond acceptors (Lipinski definition) is 4. The summed E-state index contributed by atoms with van der Waals surface area (Å²) in [5.41, 5.74) is 0. The summed E-state index contributed by atoms with van der Waals surface area (Å²) in [6.07, 6.45) is -0.505. The fraction of sp³-hybridized carbons (Fsp3) is 0.300. The number of aliphatic hydroxyl groups excluding tert-OH is 1. The minimum absolute atomic E-state index is 0.107. The van der Waals surface area contributed by atoms with E-state index in [1.54, 1.807) is 18.3 Å². The average Bonchev–Trinajstić information content (AvgIpc) is 2.72. The van der Waals surface area contributed by atoms with Crippen LogP contribution in [0.25, 0.3) is 9.40 Å². The van der Waals surface area contributed by atoms with E-state index in [4.69, 9.17) is 5.11 Å². The number of hydrogen-bond donors (Lipinski definition) is 2. The van der Waals surface area contributed by atoms with Crippen molar-refractivity contribution in [3.63, 3.8) is 0 Å². The Morgan fingerprint density at radius 1 is 1.60 bits per heavy atom. The summed E-state index contributed by atoms with van der Waals surface area (Å²) in [4.78, 5) is 12.3. The Balaban J connectivity index is 2.10. The molecule has 0 aliphatic carbocycles. The van der Waals surface area contributed by atoms with Gasteiger partial charge in [-0.1, -0.05) is 0 Å². The lowest BCUT2D eigenvalue weighted by atomic mass is 10.4. The Hall–Kier alpha value is -0.910. The third-order valence-corrected chi connectivity index (χ3v) is 4.01. The van der Waals surface area contributed by atoms with Gasteiger partial charge in [-0.3, -0.25) is 4.79 Å². The van der Waals surface area contributed by atoms with Crippen molar-refractivity contribution in [1.29, 1.82) is 0 Å². The molecule has 0 saturated heterocycles. The number of nitrogens with one attached hydrogen (secondary N) is 1. The van der Waals surface area contributed by atoms with Crippen LogP contribution in [0.4, 0.5) is 0 Å². The first-order chi connectivity index (χ1) is 7.16. The Morgan fingerprint density at radius 2 is 2.40 bits per heavy atom. The number of fused-ring (bicyclic) bond motifs is 1. The minimum Gasteiger partial charge on any atom is -0.392 e. The first-order valence-corrected chi connectivity index (χ1v) is 6.30. The van der Waals surface area contributed by atoms with E-state index in [2.05, 4.69) is 5.32 Å². The Kier molecular flexibility index (Phi) is 3.04. The molecule has 0 aliphatic rings. The van der Waals surface area contributed by atoms with Gasteiger partial charge in [0.2, 0.25) is 0 Å². The predicted octanol–water partition coefficient (Wildman–Crippen LogP) is 2.07. The molecule has 2 aromatic heterocycles. The number of carbonyl (C=O) groups excluding carboxylic acids is 1. The standard InChI is InChI=1S/C10H11NO2S2/c1-6(12)5-11-10(13)9-4-8-7(15-9)2-3-14-8/h2-4,6,12H,5H2,1H3,(H,11,13). The van der Waals surface area contributed by atoms with Crippen LogP contribution in [0.5, 0.6) is 0 Å². The van der Waals surface area contributed by atoms with Gasteiger partial charge in [0.05, 0.1) is 11.0 Å². The van der Waals surface area contributed by atoms with E-state index in [0.717, 1.165) is 9.40 Å². The van der Waals surface area contributed by atoms with Gasteiger partial charge in [0.25, 0.3) is 5.91 Å². The molecule has 1 unspecified atom stereocenters. The predicted molar refractivity (Wildman–Crippen MR) is 63.7 cm³/mol. The van der Waals surface area contributed by atoms with Crippen molar-refractivity contribution < 1.29 is 9.90 Å². The highest BCUT2D eigenvalue weighted by molar-refractivity contribution is 7.27. The Labute approximate surface area is 95.4 Å². The fourth-order valence-corrected chi connectivity index (χ4v) is 3.23. The second kappa shape index (κ2) is 4.30. The van der Waals surface area contributed by atoms with Crippen LogP contribution in [0.15, 0.2) is 17.5 Å². The normalized spacial score (nSPS) is 12.9. The molecule has 0 aromatic carbocycles. The molecule has 1 amide bonds. The van der Waals surface area contributed by atoms with Gasteiger partial charge in [0, 0.05) is 15.9 Å². The molecule has 0 radical (unpaired) electrons. The highest BCUT2D eigenvalue weighted by atomic mass is 32.1. The average molecular weight is 241 g/mol. The van der Waals surface area contributed by atoms with Crippen LogP contribution in [0.1, 0.15) is 16.6 Å². The monoisotopic (exact) mass is 241 g/mol. The van der Waals surface area contributed by atoms with Gasteiger partial charge in [-0.15, -0.1) is 22.7 Å². The summed E-state index contributed by atoms with van der Waals surface area (Å²) in [7, 11) is 0. The van der Waals surface area contributed by atoms with Crippen LogP contribution >= 0.6 is 22.7 Å². The van der Waals surface area contributed by atoms with Crippen molar-refractivity contribution in [1.82, 2.24) is 5.32 Å². The zero-order valence-corrected chi connectivity index (χ0v) is 9.82. The summed E-state index contributed by atoms with van der Waals surface area (Å²) in [6, 6.07) is 3.90. The smallest absolute Gasteiger partial charge is 0.261 e. The van der Waals surface area contributed by atoms with Crippen LogP contribution < -0.4 is 5.32 Å². The summed E-state index contributed by atoms with van der Waals surface area (Å²) in [5, 5.41) is 13.7. The molecule has 2 rings (SSSR count). The Bertz CT molecular complexity index is 444. The minimum atomic E-state index is -0.505. The number of thiophene rings is 2. The number of amides is 1. The van der Waals surface area contributed by atoms with Crippen molar-refractivity contribution >= 4 is 38.0 Å². The van der Waals surface area contributed by atoms with Crippen molar-refractivity contribution in [3.8, 4) is 0 Å². The molecule has 0 saturated carbocycles. The topological polar surface area (TPSA) is 49.3 Å². The van der Waals surface area contributed by atoms with Gasteiger partial charge in [0.15, 0.2) is 0 Å². The largest absolute Gasteiger partial charge is 0.392 e. The lowest BCUT2D eigenvalue weighted by Crippen LogP contribution is -2.29. The summed E-state index contributed by atoms with van der Waals surface area (Å²) in [6.45, 7) is 1.94. The van der Waals surface area contributed by atoms with E-state index in [1.807, 2.05) is 17.5 Å². The third kappa shape index (κ3) is 2.37. The summed E-state index contributed by atoms with van der Waals surface area (Å²) in [5.74, 6) is -0.107. The van der Waals surface area contributed by atoms with Crippen molar-refractivity contribution in [2.75, 3.05) is 6.54 Å². The molecule has 0 fully saturated rings. The van der Waals surface area contributed by atoms with Crippen LogP contribution in [0, 0.1) is 0 Å². The molecular formula is C10H11NO2S2. The molecule has 2 heterocycles. The molecule has 80 valence electrons. The third-order valence-electron chi connectivity index (χ3n) is 1.92. The summed E-state index contributed by atoms with van der Waals surface area (Å²) < 4.78 is 2.28. The van der Waals surface area contributed by atoms with E-state index in [9.17, 15) is 4.79 Å². The molecule has 1 atom stereocenters. The molecular weight excluding hydrogens is 230 g/mol. The maximum absolute atomic E-state index is 11.6. The first kappa shape index (κ1) is 10.6. The van der Waals surface area contributed by atoms with Crippen molar-refractivity contribution in [2.45, 2.75) is 13.0 Å². The quantitative estimate of drug-likeness (QED) is 0.864. The number of carbonyl (C=O) groups is 1. The molecule has 3 nitrogen and oxygen atoms in total. The van der Waals surface area contributed by atoms with E-state index in [-0.39, 0.29) is 5.91 Å². The second-order valence-corrected chi connectivity index (χ2v) is 5.35. The van der Waals surface area contributed by atoms with Gasteiger partial charge in [-0.25, -0.2) is 0 Å². The molecule has 5 heteroatoms. The molecule has 0 aliphatic heterocycles. The maximum Gasteiger partial charge on any atom is 0.261 e. The van der Waals surface area contributed by atoms with Gasteiger partial charge in [-0.05, 0) is 24.4 Å². The number of rotatable bonds is 3. The lowest BCUT2D eigenvalue weighted by Gasteiger charge is -2.04. The zero-order valence-electron chi connectivity index (χ0n) is 8.19. The highest BCUT2D eigenvalue weighted by Gasteiger charge is 2.10. The molecule has 2 N–H and O–H groups in total. The molecule has 15 heavy (non-hydrogen) atoms. The second-order valence-electron chi connectivity index (χ2n) is 3.32.